The van der Waals surface area contributed by atoms with Gasteiger partial charge in [-0.1, -0.05) is 49.4 Å². The topological polar surface area (TPSA) is 100 Å². The van der Waals surface area contributed by atoms with E-state index < -0.39 is 5.97 Å². The molecule has 4 aromatic rings. The van der Waals surface area contributed by atoms with Crippen LogP contribution in [-0.2, 0) is 11.3 Å². The summed E-state index contributed by atoms with van der Waals surface area (Å²) in [5.74, 6) is 0.200. The Morgan fingerprint density at radius 3 is 2.21 bits per heavy atom. The molecule has 0 aliphatic heterocycles. The van der Waals surface area contributed by atoms with Crippen LogP contribution in [-0.4, -0.2) is 38.7 Å². The maximum atomic E-state index is 13.3. The van der Waals surface area contributed by atoms with Crippen LogP contribution in [0.1, 0.15) is 65.5 Å². The number of carbonyl (C=O) groups is 3. The van der Waals surface area contributed by atoms with Crippen molar-refractivity contribution < 1.29 is 19.5 Å². The van der Waals surface area contributed by atoms with Crippen LogP contribution in [0.25, 0.3) is 21.8 Å². The van der Waals surface area contributed by atoms with Crippen LogP contribution in [0.4, 0.5) is 0 Å². The van der Waals surface area contributed by atoms with Crippen LogP contribution in [0, 0.1) is 18.3 Å². The number of nitrogens with one attached hydrogen (secondary N) is 1. The average molecular weight is 581 g/mol. The predicted octanol–water partition coefficient (Wildman–Crippen LogP) is 8.25. The highest BCUT2D eigenvalue weighted by Crippen LogP contribution is 2.32. The summed E-state index contributed by atoms with van der Waals surface area (Å²) in [5, 5.41) is 17.7. The summed E-state index contributed by atoms with van der Waals surface area (Å²) in [6.07, 6.45) is 8.05. The number of thioether (sulfide) groups is 1. The van der Waals surface area contributed by atoms with Crippen molar-refractivity contribution in [2.24, 2.45) is 5.92 Å². The van der Waals surface area contributed by atoms with Gasteiger partial charge in [0.05, 0.1) is 5.71 Å². The van der Waals surface area contributed by atoms with Gasteiger partial charge in [-0.15, -0.1) is 11.8 Å². The zero-order chi connectivity index (χ0) is 30.4. The number of aliphatic carboxylic acids is 1. The molecule has 6 nitrogen and oxygen atoms in total. The molecular weight excluding hydrogens is 544 g/mol. The second kappa shape index (κ2) is 13.6. The number of hydrogen-bond donors (Lipinski definition) is 2. The van der Waals surface area contributed by atoms with E-state index in [1.54, 1.807) is 11.8 Å². The van der Waals surface area contributed by atoms with E-state index in [1.807, 2.05) is 67.6 Å². The fourth-order valence-electron chi connectivity index (χ4n) is 5.08. The van der Waals surface area contributed by atoms with Gasteiger partial charge in [0, 0.05) is 69.0 Å². The number of benzene rings is 3. The van der Waals surface area contributed by atoms with Crippen molar-refractivity contribution in [3.63, 3.8) is 0 Å². The summed E-state index contributed by atoms with van der Waals surface area (Å²) < 4.78 is 2.20. The highest BCUT2D eigenvalue weighted by atomic mass is 32.2. The van der Waals surface area contributed by atoms with E-state index >= 15 is 0 Å². The van der Waals surface area contributed by atoms with Gasteiger partial charge in [0.15, 0.2) is 5.78 Å². The Morgan fingerprint density at radius 2 is 1.62 bits per heavy atom. The molecular formula is C35H36N2O4S. The molecule has 0 radical (unpaired) electrons. The smallest absolute Gasteiger partial charge is 0.300 e. The quantitative estimate of drug-likeness (QED) is 0.153. The molecule has 3 aromatic carbocycles. The minimum atomic E-state index is -0.833. The van der Waals surface area contributed by atoms with Crippen LogP contribution < -0.4 is 0 Å². The van der Waals surface area contributed by atoms with Crippen LogP contribution in [0.15, 0.2) is 83.8 Å². The number of carbonyl (C=O) groups excluding carboxylic acids is 2. The van der Waals surface area contributed by atoms with E-state index in [4.69, 9.17) is 15.3 Å². The summed E-state index contributed by atoms with van der Waals surface area (Å²) in [4.78, 5) is 36.7. The number of hydrogen-bond acceptors (Lipinski definition) is 5. The highest BCUT2D eigenvalue weighted by molar-refractivity contribution is 8.03. The molecule has 1 heterocycles. The molecule has 42 heavy (non-hydrogen) atoms. The molecule has 2 N–H and O–H groups in total. The first-order valence-electron chi connectivity index (χ1n) is 14.1. The maximum absolute atomic E-state index is 13.3. The third-order valence-corrected chi connectivity index (χ3v) is 8.31. The number of Topliss-reactive ketones (excluding diaryl/α,β-unsaturated/α-hetero) is 1. The molecule has 0 amide bonds. The van der Waals surface area contributed by atoms with Crippen molar-refractivity contribution >= 4 is 56.8 Å². The van der Waals surface area contributed by atoms with E-state index in [1.165, 1.54) is 4.91 Å². The molecule has 1 atom stereocenters. The first-order chi connectivity index (χ1) is 20.1. The van der Waals surface area contributed by atoms with Gasteiger partial charge in [0.25, 0.3) is 5.97 Å². The van der Waals surface area contributed by atoms with Gasteiger partial charge in [-0.3, -0.25) is 14.4 Å². The standard InChI is InChI=1S/C33H32N2O2S.C2H4O2/c1-4-35-30-15-11-23(32(36)26-8-6-5-7-22(26)3)19-27(30)28-20-24(12-16-31(28)35)33(37)29(34)17-18-38-25-13-9-21(2)10-14-25;1-2(3)4/h5-9,11-16,19-21,34H,4,10,17-18H2,1-3H3;1H3,(H,3,4). The minimum Gasteiger partial charge on any atom is -0.481 e. The number of carboxylic acids is 1. The largest absolute Gasteiger partial charge is 0.481 e. The van der Waals surface area contributed by atoms with Crippen molar-refractivity contribution in [1.29, 1.82) is 5.41 Å². The highest BCUT2D eigenvalue weighted by Gasteiger charge is 2.18. The first kappa shape index (κ1) is 30.7. The summed E-state index contributed by atoms with van der Waals surface area (Å²) in [6, 6.07) is 19.1. The number of aromatic nitrogens is 1. The molecule has 0 spiro atoms. The van der Waals surface area contributed by atoms with Crippen molar-refractivity contribution in [2.75, 3.05) is 5.75 Å². The number of ketones is 2. The van der Waals surface area contributed by atoms with Gasteiger partial charge in [0.2, 0.25) is 5.78 Å². The summed E-state index contributed by atoms with van der Waals surface area (Å²) in [5.41, 5.74) is 4.97. The first-order valence-corrected chi connectivity index (χ1v) is 15.1. The zero-order valence-electron chi connectivity index (χ0n) is 24.4. The number of rotatable bonds is 9. The molecule has 7 heteroatoms. The molecule has 0 fully saturated rings. The fourth-order valence-corrected chi connectivity index (χ4v) is 6.01. The third-order valence-electron chi connectivity index (χ3n) is 7.27. The predicted molar refractivity (Wildman–Crippen MR) is 173 cm³/mol. The molecule has 0 bridgehead atoms. The van der Waals surface area contributed by atoms with Gasteiger partial charge >= 0.3 is 0 Å². The number of fused-ring (bicyclic) bond motifs is 3. The van der Waals surface area contributed by atoms with Gasteiger partial charge in [-0.05, 0) is 68.1 Å². The van der Waals surface area contributed by atoms with E-state index in [-0.39, 0.29) is 17.3 Å². The zero-order valence-corrected chi connectivity index (χ0v) is 25.3. The number of carboxylic acid groups (broad SMARTS) is 1. The van der Waals surface area contributed by atoms with E-state index in [2.05, 4.69) is 36.6 Å². The van der Waals surface area contributed by atoms with E-state index in [9.17, 15) is 9.59 Å². The van der Waals surface area contributed by atoms with E-state index in [0.717, 1.165) is 47.3 Å². The van der Waals surface area contributed by atoms with Crippen LogP contribution in [0.5, 0.6) is 0 Å². The van der Waals surface area contributed by atoms with Crippen molar-refractivity contribution in [3.8, 4) is 0 Å². The van der Waals surface area contributed by atoms with Crippen molar-refractivity contribution in [2.45, 2.75) is 47.1 Å². The molecule has 0 saturated heterocycles. The van der Waals surface area contributed by atoms with Gasteiger partial charge in [0.1, 0.15) is 0 Å². The lowest BCUT2D eigenvalue weighted by atomic mass is 9.97. The molecule has 5 rings (SSSR count). The normalized spacial score (nSPS) is 14.3. The summed E-state index contributed by atoms with van der Waals surface area (Å²) in [7, 11) is 0. The molecule has 0 saturated carbocycles. The third kappa shape index (κ3) is 6.97. The second-order valence-electron chi connectivity index (χ2n) is 10.5. The lowest BCUT2D eigenvalue weighted by Gasteiger charge is -2.11. The molecule has 1 aliphatic carbocycles. The number of aryl methyl sites for hydroxylation is 2. The summed E-state index contributed by atoms with van der Waals surface area (Å²) in [6.45, 7) is 8.09. The molecule has 1 aromatic heterocycles. The molecule has 1 aliphatic rings. The van der Waals surface area contributed by atoms with Crippen molar-refractivity contribution in [1.82, 2.24) is 4.57 Å². The maximum Gasteiger partial charge on any atom is 0.300 e. The van der Waals surface area contributed by atoms with E-state index in [0.29, 0.717) is 34.8 Å². The summed E-state index contributed by atoms with van der Waals surface area (Å²) >= 11 is 1.70. The Kier molecular flexibility index (Phi) is 9.96. The minimum absolute atomic E-state index is 0.00806. The lowest BCUT2D eigenvalue weighted by molar-refractivity contribution is -0.134. The number of nitrogens with zero attached hydrogens (tertiary/aromatic N) is 1. The Labute approximate surface area is 250 Å². The second-order valence-corrected chi connectivity index (χ2v) is 11.6. The monoisotopic (exact) mass is 580 g/mol. The fraction of sp³-hybridized carbons (Fsp3) is 0.257. The SMILES string of the molecule is CC(=O)O.CCn1c2ccc(C(=O)C(=N)CCSC3=CCC(C)C=C3)cc2c2cc(C(=O)c3ccccc3C)ccc21. The van der Waals surface area contributed by atoms with Crippen LogP contribution in [0.2, 0.25) is 0 Å². The van der Waals surface area contributed by atoms with Gasteiger partial charge < -0.3 is 15.1 Å². The Morgan fingerprint density at radius 1 is 1.00 bits per heavy atom. The number of allylic oxidation sites excluding steroid dienone is 3. The lowest BCUT2D eigenvalue weighted by Crippen LogP contribution is -2.14. The van der Waals surface area contributed by atoms with Crippen molar-refractivity contribution in [3.05, 3.63) is 106 Å². The molecule has 216 valence electrons. The van der Waals surface area contributed by atoms with Crippen LogP contribution >= 0.6 is 11.8 Å². The Hall–Kier alpha value is -4.23. The van der Waals surface area contributed by atoms with Crippen LogP contribution in [0.3, 0.4) is 0 Å². The van der Waals surface area contributed by atoms with Gasteiger partial charge in [-0.2, -0.15) is 0 Å². The average Bonchev–Trinajstić information content (AvgIpc) is 3.29. The Balaban J connectivity index is 0.000000952. The Bertz CT molecular complexity index is 1740. The van der Waals surface area contributed by atoms with Gasteiger partial charge in [-0.25, -0.2) is 0 Å². The molecule has 1 unspecified atom stereocenters.